The summed E-state index contributed by atoms with van der Waals surface area (Å²) in [6.45, 7) is 2.31. The van der Waals surface area contributed by atoms with E-state index in [9.17, 15) is 13.6 Å². The van der Waals surface area contributed by atoms with Gasteiger partial charge in [-0.1, -0.05) is 35.9 Å². The fourth-order valence-electron chi connectivity index (χ4n) is 4.82. The molecular weight excluding hydrogens is 500 g/mol. The van der Waals surface area contributed by atoms with Gasteiger partial charge in [0.05, 0.1) is 6.04 Å². The third kappa shape index (κ3) is 6.39. The summed E-state index contributed by atoms with van der Waals surface area (Å²) in [5, 5.41) is 7.13. The number of benzene rings is 3. The molecule has 1 fully saturated rings. The van der Waals surface area contributed by atoms with Gasteiger partial charge in [-0.2, -0.15) is 0 Å². The van der Waals surface area contributed by atoms with Crippen LogP contribution >= 0.6 is 11.6 Å². The molecule has 2 aliphatic heterocycles. The van der Waals surface area contributed by atoms with Gasteiger partial charge in [-0.25, -0.2) is 8.78 Å². The second-order valence-electron chi connectivity index (χ2n) is 9.37. The topological polar surface area (TPSA) is 62.8 Å². The largest absolute Gasteiger partial charge is 0.454 e. The summed E-state index contributed by atoms with van der Waals surface area (Å²) in [6.07, 6.45) is 1.27. The molecule has 0 radical (unpaired) electrons. The van der Waals surface area contributed by atoms with Crippen LogP contribution in [0.1, 0.15) is 23.1 Å². The molecule has 6 nitrogen and oxygen atoms in total. The Morgan fingerprint density at radius 3 is 2.65 bits per heavy atom. The molecule has 37 heavy (non-hydrogen) atoms. The fraction of sp³-hybridized carbons (Fsp3) is 0.321. The zero-order chi connectivity index (χ0) is 25.8. The van der Waals surface area contributed by atoms with Crippen molar-refractivity contribution in [2.75, 3.05) is 19.9 Å². The van der Waals surface area contributed by atoms with Crippen molar-refractivity contribution in [3.05, 3.63) is 94.0 Å². The van der Waals surface area contributed by atoms with Gasteiger partial charge in [0.15, 0.2) is 23.1 Å². The van der Waals surface area contributed by atoms with Crippen molar-refractivity contribution in [1.29, 1.82) is 0 Å². The minimum absolute atomic E-state index is 0.0110. The number of hydrogen-bond donors (Lipinski definition) is 2. The minimum Gasteiger partial charge on any atom is -0.454 e. The van der Waals surface area contributed by atoms with Gasteiger partial charge in [0.1, 0.15) is 0 Å². The number of halogens is 3. The van der Waals surface area contributed by atoms with Crippen LogP contribution in [-0.4, -0.2) is 42.8 Å². The van der Waals surface area contributed by atoms with Gasteiger partial charge in [0, 0.05) is 37.2 Å². The molecule has 0 bridgehead atoms. The standard InChI is InChI=1S/C28H28ClF2N3O3/c29-21-3-1-2-20(10-21)15-34-16-22(33-14-19-4-6-23(30)24(31)11-19)13-25(34)28(35)32-9-8-18-5-7-26-27(12-18)37-17-36-26/h1-7,10-12,22,25,33H,8-9,13-17H2,(H,32,35)/t22-,25+/m1/s1. The first-order valence-electron chi connectivity index (χ1n) is 12.3. The number of carbonyl (C=O) groups is 1. The number of likely N-dealkylation sites (tertiary alicyclic amines) is 1. The molecule has 0 aliphatic carbocycles. The number of nitrogens with one attached hydrogen (secondary N) is 2. The Bertz CT molecular complexity index is 1280. The van der Waals surface area contributed by atoms with Gasteiger partial charge >= 0.3 is 0 Å². The summed E-state index contributed by atoms with van der Waals surface area (Å²) in [7, 11) is 0. The number of fused-ring (bicyclic) bond motifs is 1. The van der Waals surface area contributed by atoms with Gasteiger partial charge in [-0.15, -0.1) is 0 Å². The van der Waals surface area contributed by atoms with E-state index in [0.29, 0.717) is 49.6 Å². The average Bonchev–Trinajstić information content (AvgIpc) is 3.51. The maximum Gasteiger partial charge on any atom is 0.237 e. The number of carbonyl (C=O) groups excluding carboxylic acids is 1. The van der Waals surface area contributed by atoms with Gasteiger partial charge in [-0.3, -0.25) is 9.69 Å². The van der Waals surface area contributed by atoms with Crippen molar-refractivity contribution in [1.82, 2.24) is 15.5 Å². The van der Waals surface area contributed by atoms with Crippen molar-refractivity contribution in [2.45, 2.75) is 38.0 Å². The zero-order valence-electron chi connectivity index (χ0n) is 20.2. The van der Waals surface area contributed by atoms with E-state index in [1.807, 2.05) is 42.5 Å². The van der Waals surface area contributed by atoms with Crippen LogP contribution in [0, 0.1) is 11.6 Å². The van der Waals surface area contributed by atoms with E-state index in [1.165, 1.54) is 6.07 Å². The third-order valence-electron chi connectivity index (χ3n) is 6.71. The number of rotatable bonds is 9. The van der Waals surface area contributed by atoms with E-state index in [0.717, 1.165) is 28.7 Å². The first-order valence-corrected chi connectivity index (χ1v) is 12.6. The van der Waals surface area contributed by atoms with E-state index in [4.69, 9.17) is 21.1 Å². The molecule has 1 saturated heterocycles. The predicted molar refractivity (Wildman–Crippen MR) is 137 cm³/mol. The van der Waals surface area contributed by atoms with Gasteiger partial charge in [0.2, 0.25) is 12.7 Å². The highest BCUT2D eigenvalue weighted by atomic mass is 35.5. The number of ether oxygens (including phenoxy) is 2. The molecule has 9 heteroatoms. The van der Waals surface area contributed by atoms with Crippen molar-refractivity contribution in [3.63, 3.8) is 0 Å². The highest BCUT2D eigenvalue weighted by Gasteiger charge is 2.36. The van der Waals surface area contributed by atoms with Crippen LogP contribution in [0.5, 0.6) is 11.5 Å². The van der Waals surface area contributed by atoms with Crippen molar-refractivity contribution < 1.29 is 23.0 Å². The Kier molecular flexibility index (Phi) is 7.88. The van der Waals surface area contributed by atoms with Crippen LogP contribution in [0.15, 0.2) is 60.7 Å². The van der Waals surface area contributed by atoms with Crippen molar-refractivity contribution in [3.8, 4) is 11.5 Å². The van der Waals surface area contributed by atoms with E-state index in [2.05, 4.69) is 15.5 Å². The van der Waals surface area contributed by atoms with E-state index in [1.54, 1.807) is 6.07 Å². The predicted octanol–water partition coefficient (Wildman–Crippen LogP) is 4.44. The monoisotopic (exact) mass is 527 g/mol. The Morgan fingerprint density at radius 2 is 1.81 bits per heavy atom. The van der Waals surface area contributed by atoms with E-state index < -0.39 is 11.6 Å². The maximum absolute atomic E-state index is 13.6. The zero-order valence-corrected chi connectivity index (χ0v) is 20.9. The Labute approximate surface area is 219 Å². The molecule has 0 spiro atoms. The number of hydrogen-bond acceptors (Lipinski definition) is 5. The molecule has 194 valence electrons. The lowest BCUT2D eigenvalue weighted by Gasteiger charge is -2.23. The molecule has 3 aromatic carbocycles. The summed E-state index contributed by atoms with van der Waals surface area (Å²) in [4.78, 5) is 15.4. The third-order valence-corrected chi connectivity index (χ3v) is 6.94. The normalized spacial score (nSPS) is 18.8. The molecular formula is C28H28ClF2N3O3. The molecule has 2 heterocycles. The second-order valence-corrected chi connectivity index (χ2v) is 9.80. The second kappa shape index (κ2) is 11.5. The van der Waals surface area contributed by atoms with Crippen LogP contribution < -0.4 is 20.1 Å². The van der Waals surface area contributed by atoms with Gasteiger partial charge in [-0.05, 0) is 65.9 Å². The Morgan fingerprint density at radius 1 is 0.973 bits per heavy atom. The van der Waals surface area contributed by atoms with Crippen molar-refractivity contribution >= 4 is 17.5 Å². The Hall–Kier alpha value is -3.20. The lowest BCUT2D eigenvalue weighted by molar-refractivity contribution is -0.125. The molecule has 1 amide bonds. The van der Waals surface area contributed by atoms with Gasteiger partial charge in [0.25, 0.3) is 0 Å². The highest BCUT2D eigenvalue weighted by Crippen LogP contribution is 2.32. The number of amides is 1. The lowest BCUT2D eigenvalue weighted by atomic mass is 10.1. The van der Waals surface area contributed by atoms with Gasteiger partial charge < -0.3 is 20.1 Å². The molecule has 2 aliphatic rings. The molecule has 0 saturated carbocycles. The summed E-state index contributed by atoms with van der Waals surface area (Å²) in [5.41, 5.74) is 2.72. The Balaban J connectivity index is 1.21. The smallest absolute Gasteiger partial charge is 0.237 e. The molecule has 2 N–H and O–H groups in total. The fourth-order valence-corrected chi connectivity index (χ4v) is 5.04. The van der Waals surface area contributed by atoms with Crippen LogP contribution in [0.4, 0.5) is 8.78 Å². The highest BCUT2D eigenvalue weighted by molar-refractivity contribution is 6.30. The summed E-state index contributed by atoms with van der Waals surface area (Å²) < 4.78 is 37.7. The van der Waals surface area contributed by atoms with Crippen molar-refractivity contribution in [2.24, 2.45) is 0 Å². The van der Waals surface area contributed by atoms with E-state index in [-0.39, 0.29) is 24.8 Å². The van der Waals surface area contributed by atoms with Crippen LogP contribution in [-0.2, 0) is 24.3 Å². The maximum atomic E-state index is 13.6. The number of nitrogens with zero attached hydrogens (tertiary/aromatic N) is 1. The van der Waals surface area contributed by atoms with Crippen LogP contribution in [0.3, 0.4) is 0 Å². The van der Waals surface area contributed by atoms with Crippen LogP contribution in [0.25, 0.3) is 0 Å². The molecule has 5 rings (SSSR count). The van der Waals surface area contributed by atoms with Crippen LogP contribution in [0.2, 0.25) is 5.02 Å². The van der Waals surface area contributed by atoms with E-state index >= 15 is 0 Å². The summed E-state index contributed by atoms with van der Waals surface area (Å²) >= 11 is 6.18. The first kappa shape index (κ1) is 25.4. The molecule has 0 aromatic heterocycles. The minimum atomic E-state index is -0.868. The quantitative estimate of drug-likeness (QED) is 0.431. The average molecular weight is 528 g/mol. The SMILES string of the molecule is O=C(NCCc1ccc2c(c1)OCO2)[C@@H]1C[C@@H](NCc2ccc(F)c(F)c2)CN1Cc1cccc(Cl)c1. The summed E-state index contributed by atoms with van der Waals surface area (Å²) in [6, 6.07) is 17.0. The molecule has 2 atom stereocenters. The molecule has 3 aromatic rings. The first-order chi connectivity index (χ1) is 17.9. The summed E-state index contributed by atoms with van der Waals surface area (Å²) in [5.74, 6) is -0.317. The lowest BCUT2D eigenvalue weighted by Crippen LogP contribution is -2.43. The molecule has 0 unspecified atom stereocenters.